The van der Waals surface area contributed by atoms with Crippen molar-refractivity contribution in [1.29, 1.82) is 0 Å². The van der Waals surface area contributed by atoms with Gasteiger partial charge in [-0.1, -0.05) is 23.9 Å². The van der Waals surface area contributed by atoms with Crippen molar-refractivity contribution in [2.45, 2.75) is 11.3 Å². The van der Waals surface area contributed by atoms with Crippen LogP contribution in [0.25, 0.3) is 11.0 Å². The summed E-state index contributed by atoms with van der Waals surface area (Å²) in [6, 6.07) is 7.89. The first-order chi connectivity index (χ1) is 7.72. The zero-order chi connectivity index (χ0) is 11.5. The number of aromatic nitrogens is 2. The van der Waals surface area contributed by atoms with Crippen LogP contribution in [0.3, 0.4) is 0 Å². The largest absolute Gasteiger partial charge is 0.394 e. The normalized spacial score (nSPS) is 13.2. The molecule has 1 atom stereocenters. The molecule has 0 amide bonds. The van der Waals surface area contributed by atoms with Crippen LogP contribution in [0.4, 0.5) is 0 Å². The second-order valence-electron chi connectivity index (χ2n) is 3.59. The van der Waals surface area contributed by atoms with Crippen molar-refractivity contribution in [2.75, 3.05) is 12.4 Å². The third-order valence-corrected chi connectivity index (χ3v) is 3.54. The van der Waals surface area contributed by atoms with Crippen LogP contribution in [0.5, 0.6) is 0 Å². The first-order valence-electron chi connectivity index (χ1n) is 5.05. The molecule has 1 aromatic heterocycles. The fourth-order valence-corrected chi connectivity index (χ4v) is 2.38. The van der Waals surface area contributed by atoms with E-state index < -0.39 is 6.10 Å². The molecule has 2 rings (SSSR count). The van der Waals surface area contributed by atoms with Gasteiger partial charge in [0.25, 0.3) is 0 Å². The lowest BCUT2D eigenvalue weighted by Crippen LogP contribution is -2.15. The summed E-state index contributed by atoms with van der Waals surface area (Å²) in [6.45, 7) is -0.211. The topological polar surface area (TPSA) is 58.3 Å². The summed E-state index contributed by atoms with van der Waals surface area (Å²) in [6.07, 6.45) is -0.690. The molecule has 0 saturated heterocycles. The monoisotopic (exact) mass is 238 g/mol. The Bertz CT molecular complexity index is 484. The summed E-state index contributed by atoms with van der Waals surface area (Å²) in [4.78, 5) is 4.45. The Morgan fingerprint density at radius 3 is 2.88 bits per heavy atom. The molecule has 1 aromatic carbocycles. The van der Waals surface area contributed by atoms with Crippen molar-refractivity contribution in [2.24, 2.45) is 7.05 Å². The summed E-state index contributed by atoms with van der Waals surface area (Å²) >= 11 is 1.45. The Labute approximate surface area is 97.9 Å². The minimum Gasteiger partial charge on any atom is -0.394 e. The zero-order valence-electron chi connectivity index (χ0n) is 9.00. The number of aliphatic hydroxyl groups is 2. The average molecular weight is 238 g/mol. The number of rotatable bonds is 4. The molecule has 0 saturated carbocycles. The van der Waals surface area contributed by atoms with Gasteiger partial charge in [0.2, 0.25) is 0 Å². The lowest BCUT2D eigenvalue weighted by Gasteiger charge is -2.05. The van der Waals surface area contributed by atoms with E-state index in [0.29, 0.717) is 5.75 Å². The quantitative estimate of drug-likeness (QED) is 0.781. The highest BCUT2D eigenvalue weighted by atomic mass is 32.2. The summed E-state index contributed by atoms with van der Waals surface area (Å²) in [5.41, 5.74) is 2.02. The third kappa shape index (κ3) is 2.21. The summed E-state index contributed by atoms with van der Waals surface area (Å²) in [7, 11) is 1.95. The highest BCUT2D eigenvalue weighted by Gasteiger charge is 2.09. The van der Waals surface area contributed by atoms with Gasteiger partial charge in [0.05, 0.1) is 23.7 Å². The number of hydrogen-bond donors (Lipinski definition) is 2. The van der Waals surface area contributed by atoms with Crippen molar-refractivity contribution >= 4 is 22.8 Å². The van der Waals surface area contributed by atoms with Gasteiger partial charge >= 0.3 is 0 Å². The summed E-state index contributed by atoms with van der Waals surface area (Å²) in [5, 5.41) is 18.9. The van der Waals surface area contributed by atoms with E-state index in [0.717, 1.165) is 16.2 Å². The summed E-state index contributed by atoms with van der Waals surface area (Å²) < 4.78 is 1.99. The molecule has 0 fully saturated rings. The van der Waals surface area contributed by atoms with Crippen LogP contribution in [0.1, 0.15) is 0 Å². The fourth-order valence-electron chi connectivity index (χ4n) is 1.48. The second-order valence-corrected chi connectivity index (χ2v) is 4.58. The second kappa shape index (κ2) is 4.86. The molecule has 0 spiro atoms. The zero-order valence-corrected chi connectivity index (χ0v) is 9.81. The number of aryl methyl sites for hydroxylation is 1. The number of thioether (sulfide) groups is 1. The molecule has 1 heterocycles. The molecule has 0 radical (unpaired) electrons. The number of benzene rings is 1. The van der Waals surface area contributed by atoms with Crippen molar-refractivity contribution in [1.82, 2.24) is 9.55 Å². The van der Waals surface area contributed by atoms with Gasteiger partial charge in [-0.2, -0.15) is 0 Å². The lowest BCUT2D eigenvalue weighted by atomic mass is 10.3. The van der Waals surface area contributed by atoms with Gasteiger partial charge in [-0.3, -0.25) is 0 Å². The van der Waals surface area contributed by atoms with E-state index >= 15 is 0 Å². The van der Waals surface area contributed by atoms with E-state index in [1.807, 2.05) is 35.9 Å². The molecule has 2 N–H and O–H groups in total. The lowest BCUT2D eigenvalue weighted by molar-refractivity contribution is 0.113. The van der Waals surface area contributed by atoms with Crippen LogP contribution < -0.4 is 0 Å². The standard InChI is InChI=1S/C11H14N2O2S/c1-13-10-5-3-2-4-9(10)12-11(13)16-7-8(15)6-14/h2-5,8,14-15H,6-7H2,1H3. The van der Waals surface area contributed by atoms with Crippen LogP contribution in [0, 0.1) is 0 Å². The van der Waals surface area contributed by atoms with E-state index in [1.54, 1.807) is 0 Å². The highest BCUT2D eigenvalue weighted by Crippen LogP contribution is 2.22. The minimum absolute atomic E-state index is 0.211. The molecule has 5 heteroatoms. The van der Waals surface area contributed by atoms with Gasteiger partial charge in [-0.15, -0.1) is 0 Å². The van der Waals surface area contributed by atoms with Gasteiger partial charge in [-0.05, 0) is 12.1 Å². The first kappa shape index (κ1) is 11.4. The molecular formula is C11H14N2O2S. The Morgan fingerprint density at radius 1 is 1.44 bits per heavy atom. The Balaban J connectivity index is 2.21. The predicted octanol–water partition coefficient (Wildman–Crippen LogP) is 1.02. The Morgan fingerprint density at radius 2 is 2.19 bits per heavy atom. The summed E-state index contributed by atoms with van der Waals surface area (Å²) in [5.74, 6) is 0.452. The maximum absolute atomic E-state index is 9.28. The molecule has 0 bridgehead atoms. The molecule has 0 aliphatic rings. The average Bonchev–Trinajstić information content (AvgIpc) is 2.64. The van der Waals surface area contributed by atoms with E-state index in [2.05, 4.69) is 4.98 Å². The van der Waals surface area contributed by atoms with Gasteiger partial charge in [0.1, 0.15) is 0 Å². The van der Waals surface area contributed by atoms with Crippen molar-refractivity contribution < 1.29 is 10.2 Å². The van der Waals surface area contributed by atoms with Crippen LogP contribution in [-0.2, 0) is 7.05 Å². The number of nitrogens with zero attached hydrogens (tertiary/aromatic N) is 2. The maximum atomic E-state index is 9.28. The molecular weight excluding hydrogens is 224 g/mol. The van der Waals surface area contributed by atoms with E-state index in [1.165, 1.54) is 11.8 Å². The Hall–Kier alpha value is -1.04. The van der Waals surface area contributed by atoms with Crippen LogP contribution in [0.15, 0.2) is 29.4 Å². The molecule has 1 unspecified atom stereocenters. The molecule has 16 heavy (non-hydrogen) atoms. The fraction of sp³-hybridized carbons (Fsp3) is 0.364. The van der Waals surface area contributed by atoms with E-state index in [9.17, 15) is 5.11 Å². The van der Waals surface area contributed by atoms with Gasteiger partial charge < -0.3 is 14.8 Å². The third-order valence-electron chi connectivity index (χ3n) is 2.36. The SMILES string of the molecule is Cn1c(SCC(O)CO)nc2ccccc21. The van der Waals surface area contributed by atoms with Gasteiger partial charge in [-0.25, -0.2) is 4.98 Å². The van der Waals surface area contributed by atoms with Crippen molar-refractivity contribution in [3.05, 3.63) is 24.3 Å². The van der Waals surface area contributed by atoms with Crippen molar-refractivity contribution in [3.8, 4) is 0 Å². The maximum Gasteiger partial charge on any atom is 0.168 e. The molecule has 0 aliphatic carbocycles. The van der Waals surface area contributed by atoms with Gasteiger partial charge in [0, 0.05) is 12.8 Å². The number of fused-ring (bicyclic) bond motifs is 1. The minimum atomic E-state index is -0.690. The smallest absolute Gasteiger partial charge is 0.168 e. The van der Waals surface area contributed by atoms with Crippen molar-refractivity contribution in [3.63, 3.8) is 0 Å². The number of aliphatic hydroxyl groups excluding tert-OH is 2. The first-order valence-corrected chi connectivity index (χ1v) is 6.04. The number of hydrogen-bond acceptors (Lipinski definition) is 4. The molecule has 0 aliphatic heterocycles. The molecule has 4 nitrogen and oxygen atoms in total. The van der Waals surface area contributed by atoms with Crippen LogP contribution >= 0.6 is 11.8 Å². The Kier molecular flexibility index (Phi) is 3.48. The molecule has 2 aromatic rings. The molecule has 86 valence electrons. The number of para-hydroxylation sites is 2. The van der Waals surface area contributed by atoms with E-state index in [-0.39, 0.29) is 6.61 Å². The predicted molar refractivity (Wildman–Crippen MR) is 64.5 cm³/mol. The van der Waals surface area contributed by atoms with Gasteiger partial charge in [0.15, 0.2) is 5.16 Å². The highest BCUT2D eigenvalue weighted by molar-refractivity contribution is 7.99. The number of imidazole rings is 1. The van der Waals surface area contributed by atoms with Crippen LogP contribution in [0.2, 0.25) is 0 Å². The van der Waals surface area contributed by atoms with E-state index in [4.69, 9.17) is 5.11 Å². The van der Waals surface area contributed by atoms with Crippen LogP contribution in [-0.4, -0.2) is 38.2 Å².